The van der Waals surface area contributed by atoms with Crippen LogP contribution in [-0.2, 0) is 11.2 Å². The summed E-state index contributed by atoms with van der Waals surface area (Å²) in [5.74, 6) is -0.0734. The summed E-state index contributed by atoms with van der Waals surface area (Å²) in [6, 6.07) is 10.0. The molecule has 5 heteroatoms. The van der Waals surface area contributed by atoms with Crippen molar-refractivity contribution in [1.82, 2.24) is 10.2 Å². The van der Waals surface area contributed by atoms with E-state index in [1.807, 2.05) is 18.2 Å². The second-order valence-corrected chi connectivity index (χ2v) is 5.91. The maximum atomic E-state index is 11.6. The first-order chi connectivity index (χ1) is 10.7. The van der Waals surface area contributed by atoms with Crippen molar-refractivity contribution in [3.8, 4) is 0 Å². The third kappa shape index (κ3) is 4.29. The highest BCUT2D eigenvalue weighted by Gasteiger charge is 2.40. The van der Waals surface area contributed by atoms with E-state index in [1.54, 1.807) is 7.05 Å². The summed E-state index contributed by atoms with van der Waals surface area (Å²) in [6.45, 7) is 0.797. The zero-order chi connectivity index (χ0) is 15.9. The Morgan fingerprint density at radius 1 is 1.36 bits per heavy atom. The van der Waals surface area contributed by atoms with Gasteiger partial charge < -0.3 is 15.5 Å². The Morgan fingerprint density at radius 2 is 2.09 bits per heavy atom. The molecular formula is C17H26N2O3. The topological polar surface area (TPSA) is 72.8 Å². The van der Waals surface area contributed by atoms with Crippen LogP contribution in [0.15, 0.2) is 30.3 Å². The van der Waals surface area contributed by atoms with Gasteiger partial charge >= 0.3 is 0 Å². The van der Waals surface area contributed by atoms with Gasteiger partial charge in [0.2, 0.25) is 5.91 Å². The van der Waals surface area contributed by atoms with Gasteiger partial charge in [-0.2, -0.15) is 0 Å². The van der Waals surface area contributed by atoms with Crippen LogP contribution in [0.1, 0.15) is 24.8 Å². The monoisotopic (exact) mass is 306 g/mol. The summed E-state index contributed by atoms with van der Waals surface area (Å²) in [5, 5.41) is 22.3. The molecule has 122 valence electrons. The lowest BCUT2D eigenvalue weighted by Crippen LogP contribution is -2.43. The molecule has 0 radical (unpaired) electrons. The molecule has 2 rings (SSSR count). The van der Waals surface area contributed by atoms with E-state index in [0.29, 0.717) is 6.42 Å². The highest BCUT2D eigenvalue weighted by Crippen LogP contribution is 2.27. The van der Waals surface area contributed by atoms with Crippen LogP contribution in [0, 0.1) is 0 Å². The number of likely N-dealkylation sites (tertiary alicyclic amines) is 1. The number of aryl methyl sites for hydroxylation is 1. The number of benzene rings is 1. The molecule has 3 unspecified atom stereocenters. The molecule has 1 amide bonds. The van der Waals surface area contributed by atoms with Crippen molar-refractivity contribution in [2.75, 3.05) is 20.2 Å². The summed E-state index contributed by atoms with van der Waals surface area (Å²) in [5.41, 5.74) is 1.28. The van der Waals surface area contributed by atoms with E-state index in [4.69, 9.17) is 0 Å². The Hall–Kier alpha value is -1.43. The lowest BCUT2D eigenvalue weighted by molar-refractivity contribution is -0.122. The molecule has 0 bridgehead atoms. The number of carbonyl (C=O) groups excluding carboxylic acids is 1. The van der Waals surface area contributed by atoms with Crippen LogP contribution in [0.5, 0.6) is 0 Å². The number of carbonyl (C=O) groups is 1. The number of nitrogens with one attached hydrogen (secondary N) is 1. The van der Waals surface area contributed by atoms with Crippen molar-refractivity contribution < 1.29 is 15.0 Å². The molecule has 1 aliphatic heterocycles. The fourth-order valence-electron chi connectivity index (χ4n) is 3.25. The zero-order valence-electron chi connectivity index (χ0n) is 13.1. The Labute approximate surface area is 131 Å². The normalized spacial score (nSPS) is 25.3. The van der Waals surface area contributed by atoms with Crippen molar-refractivity contribution >= 4 is 5.91 Å². The number of aliphatic hydroxyl groups excluding tert-OH is 2. The van der Waals surface area contributed by atoms with Crippen LogP contribution >= 0.6 is 0 Å². The van der Waals surface area contributed by atoms with Crippen LogP contribution in [0.4, 0.5) is 0 Å². The lowest BCUT2D eigenvalue weighted by Gasteiger charge is -2.29. The summed E-state index contributed by atoms with van der Waals surface area (Å²) >= 11 is 0. The SMILES string of the molecule is CNC(=O)CC1C(O)CC(CO)N1CCCc1ccccc1. The van der Waals surface area contributed by atoms with Gasteiger partial charge in [-0.05, 0) is 31.4 Å². The first kappa shape index (κ1) is 16.9. The van der Waals surface area contributed by atoms with Gasteiger partial charge in [-0.25, -0.2) is 0 Å². The van der Waals surface area contributed by atoms with Crippen molar-refractivity contribution in [3.05, 3.63) is 35.9 Å². The minimum absolute atomic E-state index is 0.0205. The molecule has 1 aromatic rings. The van der Waals surface area contributed by atoms with E-state index in [0.717, 1.165) is 19.4 Å². The molecule has 0 aromatic heterocycles. The Morgan fingerprint density at radius 3 is 2.73 bits per heavy atom. The molecule has 3 atom stereocenters. The minimum atomic E-state index is -0.550. The van der Waals surface area contributed by atoms with Gasteiger partial charge in [-0.1, -0.05) is 30.3 Å². The predicted octanol–water partition coefficient (Wildman–Crippen LogP) is 0.551. The molecule has 0 aliphatic carbocycles. The number of nitrogens with zero attached hydrogens (tertiary/aromatic N) is 1. The molecule has 1 saturated heterocycles. The van der Waals surface area contributed by atoms with Crippen LogP contribution < -0.4 is 5.32 Å². The lowest BCUT2D eigenvalue weighted by atomic mass is 10.1. The standard InChI is InChI=1S/C17H26N2O3/c1-18-17(22)11-15-16(21)10-14(12-20)19(15)9-5-8-13-6-3-2-4-7-13/h2-4,6-7,14-16,20-21H,5,8-12H2,1H3,(H,18,22). The van der Waals surface area contributed by atoms with E-state index < -0.39 is 6.10 Å². The average molecular weight is 306 g/mol. The molecule has 1 aromatic carbocycles. The van der Waals surface area contributed by atoms with Gasteiger partial charge in [0.25, 0.3) is 0 Å². The summed E-state index contributed by atoms with van der Waals surface area (Å²) in [6.07, 6.45) is 2.16. The fourth-order valence-corrected chi connectivity index (χ4v) is 3.25. The maximum Gasteiger partial charge on any atom is 0.221 e. The summed E-state index contributed by atoms with van der Waals surface area (Å²) in [7, 11) is 1.60. The van der Waals surface area contributed by atoms with E-state index in [2.05, 4.69) is 22.3 Å². The summed E-state index contributed by atoms with van der Waals surface area (Å²) < 4.78 is 0. The highest BCUT2D eigenvalue weighted by molar-refractivity contribution is 5.76. The van der Waals surface area contributed by atoms with Gasteiger partial charge in [0.15, 0.2) is 0 Å². The van der Waals surface area contributed by atoms with Gasteiger partial charge in [0, 0.05) is 25.6 Å². The smallest absolute Gasteiger partial charge is 0.221 e. The van der Waals surface area contributed by atoms with Crippen LogP contribution in [0.2, 0.25) is 0 Å². The molecule has 1 fully saturated rings. The third-order valence-corrected chi connectivity index (χ3v) is 4.46. The first-order valence-corrected chi connectivity index (χ1v) is 7.95. The second kappa shape index (κ2) is 8.27. The number of rotatable bonds is 7. The van der Waals surface area contributed by atoms with Gasteiger partial charge in [0.1, 0.15) is 0 Å². The molecule has 0 spiro atoms. The zero-order valence-corrected chi connectivity index (χ0v) is 13.1. The molecule has 3 N–H and O–H groups in total. The Balaban J connectivity index is 1.93. The van der Waals surface area contributed by atoms with Crippen molar-refractivity contribution in [3.63, 3.8) is 0 Å². The molecule has 5 nitrogen and oxygen atoms in total. The van der Waals surface area contributed by atoms with E-state index in [1.165, 1.54) is 5.56 Å². The van der Waals surface area contributed by atoms with Crippen molar-refractivity contribution in [2.45, 2.75) is 43.9 Å². The van der Waals surface area contributed by atoms with Crippen molar-refractivity contribution in [1.29, 1.82) is 0 Å². The number of hydrogen-bond donors (Lipinski definition) is 3. The maximum absolute atomic E-state index is 11.6. The highest BCUT2D eigenvalue weighted by atomic mass is 16.3. The van der Waals surface area contributed by atoms with Gasteiger partial charge in [0.05, 0.1) is 12.7 Å². The number of aliphatic hydroxyl groups is 2. The molecule has 22 heavy (non-hydrogen) atoms. The average Bonchev–Trinajstić information content (AvgIpc) is 2.84. The first-order valence-electron chi connectivity index (χ1n) is 7.95. The molecular weight excluding hydrogens is 280 g/mol. The van der Waals surface area contributed by atoms with E-state index in [-0.39, 0.29) is 31.0 Å². The Bertz CT molecular complexity index is 466. The predicted molar refractivity (Wildman–Crippen MR) is 85.4 cm³/mol. The van der Waals surface area contributed by atoms with Crippen LogP contribution in [0.3, 0.4) is 0 Å². The molecule has 0 saturated carbocycles. The number of hydrogen-bond acceptors (Lipinski definition) is 4. The quantitative estimate of drug-likeness (QED) is 0.688. The third-order valence-electron chi connectivity index (χ3n) is 4.46. The van der Waals surface area contributed by atoms with E-state index in [9.17, 15) is 15.0 Å². The molecule has 1 aliphatic rings. The summed E-state index contributed by atoms with van der Waals surface area (Å²) in [4.78, 5) is 13.7. The van der Waals surface area contributed by atoms with E-state index >= 15 is 0 Å². The van der Waals surface area contributed by atoms with Gasteiger partial charge in [-0.3, -0.25) is 9.69 Å². The largest absolute Gasteiger partial charge is 0.395 e. The van der Waals surface area contributed by atoms with Crippen LogP contribution in [-0.4, -0.2) is 59.4 Å². The van der Waals surface area contributed by atoms with Crippen LogP contribution in [0.25, 0.3) is 0 Å². The minimum Gasteiger partial charge on any atom is -0.395 e. The number of amides is 1. The second-order valence-electron chi connectivity index (χ2n) is 5.91. The fraction of sp³-hybridized carbons (Fsp3) is 0.588. The van der Waals surface area contributed by atoms with Crippen molar-refractivity contribution in [2.24, 2.45) is 0 Å². The molecule has 1 heterocycles. The van der Waals surface area contributed by atoms with Gasteiger partial charge in [-0.15, -0.1) is 0 Å². The Kier molecular flexibility index (Phi) is 6.36.